The highest BCUT2D eigenvalue weighted by atomic mass is 14.2. The maximum Gasteiger partial charge on any atom is -0.00819 e. The highest BCUT2D eigenvalue weighted by molar-refractivity contribution is 5.74. The zero-order valence-corrected chi connectivity index (χ0v) is 11.3. The van der Waals surface area contributed by atoms with Gasteiger partial charge in [-0.15, -0.1) is 0 Å². The Morgan fingerprint density at radius 2 is 1.79 bits per heavy atom. The second-order valence-electron chi connectivity index (χ2n) is 5.78. The smallest absolute Gasteiger partial charge is 0.00819 e. The number of benzene rings is 2. The minimum Gasteiger partial charge on any atom is -0.0763 e. The molecule has 0 radical (unpaired) electrons. The Kier molecular flexibility index (Phi) is 2.38. The van der Waals surface area contributed by atoms with E-state index in [0.29, 0.717) is 5.92 Å². The first kappa shape index (κ1) is 11.0. The summed E-state index contributed by atoms with van der Waals surface area (Å²) in [5.74, 6) is 0.705. The molecule has 0 aromatic heterocycles. The van der Waals surface area contributed by atoms with Gasteiger partial charge in [-0.1, -0.05) is 55.5 Å². The van der Waals surface area contributed by atoms with Crippen LogP contribution in [0.3, 0.4) is 0 Å². The highest BCUT2D eigenvalue weighted by Gasteiger charge is 2.16. The van der Waals surface area contributed by atoms with Gasteiger partial charge in [-0.3, -0.25) is 0 Å². The molecular weight excluding hydrogens is 228 g/mol. The quantitative estimate of drug-likeness (QED) is 0.668. The molecule has 2 aliphatic carbocycles. The SMILES string of the molecule is CC1CCC=c2c1ccc1c2=CCc2ccccc2-1. The van der Waals surface area contributed by atoms with Crippen molar-refractivity contribution in [1.29, 1.82) is 0 Å². The molecule has 2 aromatic carbocycles. The Morgan fingerprint density at radius 1 is 0.895 bits per heavy atom. The number of fused-ring (bicyclic) bond motifs is 5. The van der Waals surface area contributed by atoms with Gasteiger partial charge < -0.3 is 0 Å². The molecule has 0 bridgehead atoms. The summed E-state index contributed by atoms with van der Waals surface area (Å²) in [4.78, 5) is 0. The summed E-state index contributed by atoms with van der Waals surface area (Å²) in [6.45, 7) is 2.36. The van der Waals surface area contributed by atoms with Crippen LogP contribution in [0.2, 0.25) is 0 Å². The van der Waals surface area contributed by atoms with Gasteiger partial charge in [0.15, 0.2) is 0 Å². The molecule has 0 N–H and O–H groups in total. The molecular formula is C19H18. The average Bonchev–Trinajstić information content (AvgIpc) is 2.47. The van der Waals surface area contributed by atoms with Crippen molar-refractivity contribution in [3.8, 4) is 11.1 Å². The lowest BCUT2D eigenvalue weighted by molar-refractivity contribution is 0.681. The molecule has 0 heteroatoms. The molecule has 0 spiro atoms. The van der Waals surface area contributed by atoms with E-state index in [0.717, 1.165) is 6.42 Å². The molecule has 0 saturated heterocycles. The molecule has 1 unspecified atom stereocenters. The zero-order chi connectivity index (χ0) is 12.8. The van der Waals surface area contributed by atoms with Crippen molar-refractivity contribution in [2.75, 3.05) is 0 Å². The van der Waals surface area contributed by atoms with Gasteiger partial charge in [0.25, 0.3) is 0 Å². The molecule has 4 rings (SSSR count). The van der Waals surface area contributed by atoms with Crippen LogP contribution >= 0.6 is 0 Å². The van der Waals surface area contributed by atoms with Gasteiger partial charge in [0.2, 0.25) is 0 Å². The van der Waals surface area contributed by atoms with Gasteiger partial charge in [-0.2, -0.15) is 0 Å². The molecule has 0 aliphatic heterocycles. The molecule has 0 nitrogen and oxygen atoms in total. The Hall–Kier alpha value is -1.82. The summed E-state index contributed by atoms with van der Waals surface area (Å²) < 4.78 is 0. The first-order chi connectivity index (χ1) is 9.34. The maximum atomic E-state index is 2.44. The molecule has 0 amide bonds. The van der Waals surface area contributed by atoms with Crippen molar-refractivity contribution in [3.63, 3.8) is 0 Å². The van der Waals surface area contributed by atoms with Crippen molar-refractivity contribution in [1.82, 2.24) is 0 Å². The van der Waals surface area contributed by atoms with Crippen LogP contribution in [0, 0.1) is 0 Å². The Labute approximate surface area is 114 Å². The fourth-order valence-corrected chi connectivity index (χ4v) is 3.57. The summed E-state index contributed by atoms with van der Waals surface area (Å²) in [6, 6.07) is 13.5. The summed E-state index contributed by atoms with van der Waals surface area (Å²) in [5.41, 5.74) is 5.85. The molecule has 19 heavy (non-hydrogen) atoms. The molecule has 0 fully saturated rings. The number of hydrogen-bond donors (Lipinski definition) is 0. The fourth-order valence-electron chi connectivity index (χ4n) is 3.57. The Bertz CT molecular complexity index is 765. The largest absolute Gasteiger partial charge is 0.0763 e. The van der Waals surface area contributed by atoms with Crippen molar-refractivity contribution in [2.45, 2.75) is 32.1 Å². The Balaban J connectivity index is 2.07. The lowest BCUT2D eigenvalue weighted by Gasteiger charge is -2.21. The van der Waals surface area contributed by atoms with Gasteiger partial charge in [0.05, 0.1) is 0 Å². The monoisotopic (exact) mass is 246 g/mol. The van der Waals surface area contributed by atoms with E-state index in [2.05, 4.69) is 55.5 Å². The number of hydrogen-bond acceptors (Lipinski definition) is 0. The highest BCUT2D eigenvalue weighted by Crippen LogP contribution is 2.27. The minimum atomic E-state index is 0.705. The van der Waals surface area contributed by atoms with E-state index in [-0.39, 0.29) is 0 Å². The van der Waals surface area contributed by atoms with E-state index >= 15 is 0 Å². The van der Waals surface area contributed by atoms with Crippen molar-refractivity contribution in [2.24, 2.45) is 0 Å². The van der Waals surface area contributed by atoms with E-state index in [1.54, 1.807) is 5.56 Å². The van der Waals surface area contributed by atoms with Gasteiger partial charge >= 0.3 is 0 Å². The van der Waals surface area contributed by atoms with Crippen LogP contribution in [0.15, 0.2) is 36.4 Å². The second-order valence-corrected chi connectivity index (χ2v) is 5.78. The van der Waals surface area contributed by atoms with Crippen LogP contribution in [0.5, 0.6) is 0 Å². The second kappa shape index (κ2) is 4.09. The summed E-state index contributed by atoms with van der Waals surface area (Å²) >= 11 is 0. The molecule has 1 atom stereocenters. The van der Waals surface area contributed by atoms with Crippen LogP contribution in [0.25, 0.3) is 23.3 Å². The summed E-state index contributed by atoms with van der Waals surface area (Å²) in [7, 11) is 0. The lowest BCUT2D eigenvalue weighted by atomic mass is 9.83. The zero-order valence-electron chi connectivity index (χ0n) is 11.3. The predicted octanol–water partition coefficient (Wildman–Crippen LogP) is 3.37. The van der Waals surface area contributed by atoms with Gasteiger partial charge in [0.1, 0.15) is 0 Å². The van der Waals surface area contributed by atoms with E-state index in [4.69, 9.17) is 0 Å². The fraction of sp³-hybridized carbons (Fsp3) is 0.263. The minimum absolute atomic E-state index is 0.705. The summed E-state index contributed by atoms with van der Waals surface area (Å²) in [5, 5.41) is 2.98. The Morgan fingerprint density at radius 3 is 2.74 bits per heavy atom. The van der Waals surface area contributed by atoms with Gasteiger partial charge in [-0.05, 0) is 57.9 Å². The summed E-state index contributed by atoms with van der Waals surface area (Å²) in [6.07, 6.45) is 8.45. The van der Waals surface area contributed by atoms with E-state index < -0.39 is 0 Å². The van der Waals surface area contributed by atoms with Crippen molar-refractivity contribution in [3.05, 3.63) is 58.0 Å². The third-order valence-electron chi connectivity index (χ3n) is 4.63. The molecule has 0 heterocycles. The van der Waals surface area contributed by atoms with Gasteiger partial charge in [0, 0.05) is 0 Å². The normalized spacial score (nSPS) is 19.5. The third kappa shape index (κ3) is 1.59. The van der Waals surface area contributed by atoms with Crippen LogP contribution in [0.4, 0.5) is 0 Å². The van der Waals surface area contributed by atoms with E-state index in [9.17, 15) is 0 Å². The van der Waals surface area contributed by atoms with E-state index in [1.165, 1.54) is 40.0 Å². The topological polar surface area (TPSA) is 0 Å². The van der Waals surface area contributed by atoms with Gasteiger partial charge in [-0.25, -0.2) is 0 Å². The number of rotatable bonds is 0. The van der Waals surface area contributed by atoms with Crippen molar-refractivity contribution >= 4 is 12.2 Å². The van der Waals surface area contributed by atoms with E-state index in [1.807, 2.05) is 0 Å². The molecule has 94 valence electrons. The molecule has 0 saturated carbocycles. The predicted molar refractivity (Wildman–Crippen MR) is 81.4 cm³/mol. The van der Waals surface area contributed by atoms with Crippen molar-refractivity contribution < 1.29 is 0 Å². The standard InChI is InChI=1S/C19H18/c1-13-5-4-8-17-15(13)11-12-18-16-7-3-2-6-14(16)9-10-19(17)18/h2-3,6-8,10-13H,4-5,9H2,1H3. The van der Waals surface area contributed by atoms with Crippen LogP contribution in [0.1, 0.15) is 36.8 Å². The average molecular weight is 246 g/mol. The first-order valence-electron chi connectivity index (χ1n) is 7.26. The maximum absolute atomic E-state index is 2.44. The van der Waals surface area contributed by atoms with Crippen LogP contribution in [-0.2, 0) is 6.42 Å². The van der Waals surface area contributed by atoms with Crippen LogP contribution in [-0.4, -0.2) is 0 Å². The third-order valence-corrected chi connectivity index (χ3v) is 4.63. The van der Waals surface area contributed by atoms with Crippen LogP contribution < -0.4 is 10.4 Å². The lowest BCUT2D eigenvalue weighted by Crippen LogP contribution is -2.34. The molecule has 2 aliphatic rings. The molecule has 2 aromatic rings. The first-order valence-corrected chi connectivity index (χ1v) is 7.26.